The molecule has 184 valence electrons. The Labute approximate surface area is 199 Å². The van der Waals surface area contributed by atoms with Crippen LogP contribution in [0.3, 0.4) is 0 Å². The van der Waals surface area contributed by atoms with Crippen LogP contribution in [0.1, 0.15) is 31.1 Å². The summed E-state index contributed by atoms with van der Waals surface area (Å²) in [7, 11) is -3.83. The lowest BCUT2D eigenvalue weighted by Crippen LogP contribution is -2.48. The van der Waals surface area contributed by atoms with E-state index in [-0.39, 0.29) is 35.3 Å². The molecule has 1 saturated heterocycles. The first-order valence-corrected chi connectivity index (χ1v) is 12.6. The number of ether oxygens (including phenoxy) is 1. The van der Waals surface area contributed by atoms with Crippen LogP contribution in [-0.4, -0.2) is 63.4 Å². The Kier molecular flexibility index (Phi) is 8.27. The molecule has 0 bridgehead atoms. The smallest absolute Gasteiger partial charge is 0.338 e. The Bertz CT molecular complexity index is 1110. The maximum absolute atomic E-state index is 13.2. The first-order valence-electron chi connectivity index (χ1n) is 11.2. The van der Waals surface area contributed by atoms with Gasteiger partial charge in [0.05, 0.1) is 10.5 Å². The molecule has 8 nitrogen and oxygen atoms in total. The molecule has 0 radical (unpaired) electrons. The van der Waals surface area contributed by atoms with Gasteiger partial charge in [0, 0.05) is 38.4 Å². The number of nitrogens with zero attached hydrogens (tertiary/aromatic N) is 2. The average Bonchev–Trinajstić information content (AvgIpc) is 2.83. The lowest BCUT2D eigenvalue weighted by atomic mass is 10.2. The highest BCUT2D eigenvalue weighted by molar-refractivity contribution is 7.89. The van der Waals surface area contributed by atoms with Crippen molar-refractivity contribution in [3.05, 3.63) is 59.9 Å². The van der Waals surface area contributed by atoms with Crippen molar-refractivity contribution >= 4 is 27.6 Å². The molecule has 2 aromatic rings. The van der Waals surface area contributed by atoms with Crippen molar-refractivity contribution in [3.63, 3.8) is 0 Å². The number of amides is 1. The third kappa shape index (κ3) is 6.32. The van der Waals surface area contributed by atoms with E-state index in [1.807, 2.05) is 18.7 Å². The average molecular weight is 492 g/mol. The molecule has 1 fully saturated rings. The second-order valence-corrected chi connectivity index (χ2v) is 10.5. The predicted molar refractivity (Wildman–Crippen MR) is 127 cm³/mol. The van der Waals surface area contributed by atoms with E-state index in [1.54, 1.807) is 12.1 Å². The molecule has 1 aliphatic rings. The fraction of sp³-hybridized carbons (Fsp3) is 0.417. The number of halogens is 1. The van der Waals surface area contributed by atoms with Gasteiger partial charge in [-0.3, -0.25) is 4.79 Å². The number of rotatable bonds is 8. The summed E-state index contributed by atoms with van der Waals surface area (Å²) in [6.07, 6.45) is -1.01. The van der Waals surface area contributed by atoms with Gasteiger partial charge < -0.3 is 15.0 Å². The van der Waals surface area contributed by atoms with Crippen molar-refractivity contribution in [2.24, 2.45) is 5.92 Å². The molecule has 0 aromatic heterocycles. The molecule has 0 aliphatic carbocycles. The second-order valence-electron chi connectivity index (χ2n) is 8.58. The zero-order valence-corrected chi connectivity index (χ0v) is 20.3. The van der Waals surface area contributed by atoms with Crippen molar-refractivity contribution in [3.8, 4) is 0 Å². The maximum Gasteiger partial charge on any atom is 0.338 e. The van der Waals surface area contributed by atoms with Crippen molar-refractivity contribution in [1.29, 1.82) is 0 Å². The Morgan fingerprint density at radius 3 is 2.29 bits per heavy atom. The normalized spacial score (nSPS) is 15.7. The minimum Gasteiger partial charge on any atom is -0.449 e. The van der Waals surface area contributed by atoms with Gasteiger partial charge in [0.25, 0.3) is 5.91 Å². The van der Waals surface area contributed by atoms with Crippen LogP contribution in [0.2, 0.25) is 0 Å². The second kappa shape index (κ2) is 11.0. The quantitative estimate of drug-likeness (QED) is 0.571. The van der Waals surface area contributed by atoms with E-state index in [2.05, 4.69) is 5.32 Å². The number of sulfonamides is 1. The molecular formula is C24H30FN3O5S. The zero-order chi connectivity index (χ0) is 24.9. The number of nitrogens with one attached hydrogen (secondary N) is 1. The summed E-state index contributed by atoms with van der Waals surface area (Å²) in [6, 6.07) is 11.7. The molecule has 1 atom stereocenters. The molecule has 3 rings (SSSR count). The van der Waals surface area contributed by atoms with Gasteiger partial charge in [-0.25, -0.2) is 17.6 Å². The summed E-state index contributed by atoms with van der Waals surface area (Å²) in [5, 5.41) is 2.69. The Balaban J connectivity index is 1.64. The largest absolute Gasteiger partial charge is 0.449 e. The highest BCUT2D eigenvalue weighted by Crippen LogP contribution is 2.22. The van der Waals surface area contributed by atoms with Crippen LogP contribution in [-0.2, 0) is 19.6 Å². The number of anilines is 1. The molecule has 0 spiro atoms. The molecule has 10 heteroatoms. The van der Waals surface area contributed by atoms with E-state index in [1.165, 1.54) is 47.6 Å². The zero-order valence-electron chi connectivity index (χ0n) is 19.5. The van der Waals surface area contributed by atoms with Gasteiger partial charge in [-0.2, -0.15) is 4.31 Å². The van der Waals surface area contributed by atoms with Crippen molar-refractivity contribution in [2.75, 3.05) is 37.6 Å². The Morgan fingerprint density at radius 2 is 1.68 bits per heavy atom. The lowest BCUT2D eigenvalue weighted by Gasteiger charge is -2.35. The number of carbonyl (C=O) groups is 2. The topological polar surface area (TPSA) is 96.0 Å². The minimum absolute atomic E-state index is 0.0194. The molecule has 2 aromatic carbocycles. The van der Waals surface area contributed by atoms with Crippen molar-refractivity contribution in [2.45, 2.75) is 31.8 Å². The Morgan fingerprint density at radius 1 is 1.03 bits per heavy atom. The number of piperazine rings is 1. The van der Waals surface area contributed by atoms with Crippen molar-refractivity contribution in [1.82, 2.24) is 9.62 Å². The molecule has 1 aliphatic heterocycles. The standard InChI is InChI=1S/C24H30FN3O5S/c1-17(2)16-26-23(29)18(3)33-24(30)19-5-4-6-22(15-19)34(31,32)28-13-11-27(12-14-28)21-9-7-20(25)8-10-21/h4-10,15,17-18H,11-14,16H2,1-3H3,(H,26,29). The van der Waals surface area contributed by atoms with Crippen LogP contribution < -0.4 is 10.2 Å². The monoisotopic (exact) mass is 491 g/mol. The van der Waals surface area contributed by atoms with Gasteiger partial charge in [0.15, 0.2) is 6.10 Å². The molecule has 1 heterocycles. The van der Waals surface area contributed by atoms with Crippen LogP contribution in [0.15, 0.2) is 53.4 Å². The third-order valence-corrected chi connectivity index (χ3v) is 7.37. The molecular weight excluding hydrogens is 461 g/mol. The van der Waals surface area contributed by atoms with E-state index < -0.39 is 28.0 Å². The van der Waals surface area contributed by atoms with Gasteiger partial charge >= 0.3 is 5.97 Å². The van der Waals surface area contributed by atoms with Crippen LogP contribution >= 0.6 is 0 Å². The van der Waals surface area contributed by atoms with Gasteiger partial charge in [-0.1, -0.05) is 19.9 Å². The van der Waals surface area contributed by atoms with Crippen LogP contribution in [0, 0.1) is 11.7 Å². The van der Waals surface area contributed by atoms with Crippen LogP contribution in [0.25, 0.3) is 0 Å². The number of benzene rings is 2. The fourth-order valence-corrected chi connectivity index (χ4v) is 4.97. The minimum atomic E-state index is -3.83. The third-order valence-electron chi connectivity index (χ3n) is 5.48. The number of hydrogen-bond acceptors (Lipinski definition) is 6. The van der Waals surface area contributed by atoms with Gasteiger partial charge in [-0.15, -0.1) is 0 Å². The summed E-state index contributed by atoms with van der Waals surface area (Å²) in [5.74, 6) is -1.25. The van der Waals surface area contributed by atoms with Gasteiger partial charge in [0.2, 0.25) is 10.0 Å². The predicted octanol–water partition coefficient (Wildman–Crippen LogP) is 2.65. The molecule has 1 N–H and O–H groups in total. The fourth-order valence-electron chi connectivity index (χ4n) is 3.50. The number of carbonyl (C=O) groups excluding carboxylic acids is 2. The Hall–Kier alpha value is -2.98. The highest BCUT2D eigenvalue weighted by atomic mass is 32.2. The SMILES string of the molecule is CC(C)CNC(=O)C(C)OC(=O)c1cccc(S(=O)(=O)N2CCN(c3ccc(F)cc3)CC2)c1. The maximum atomic E-state index is 13.2. The number of hydrogen-bond donors (Lipinski definition) is 1. The molecule has 34 heavy (non-hydrogen) atoms. The summed E-state index contributed by atoms with van der Waals surface area (Å²) >= 11 is 0. The van der Waals surface area contributed by atoms with E-state index in [0.717, 1.165) is 5.69 Å². The molecule has 1 unspecified atom stereocenters. The van der Waals surface area contributed by atoms with Crippen LogP contribution in [0.5, 0.6) is 0 Å². The summed E-state index contributed by atoms with van der Waals surface area (Å²) in [6.45, 7) is 7.24. The first-order chi connectivity index (χ1) is 16.1. The molecule has 0 saturated carbocycles. The van der Waals surface area contributed by atoms with E-state index in [4.69, 9.17) is 4.74 Å². The summed E-state index contributed by atoms with van der Waals surface area (Å²) in [4.78, 5) is 26.6. The lowest BCUT2D eigenvalue weighted by molar-refractivity contribution is -0.129. The summed E-state index contributed by atoms with van der Waals surface area (Å²) < 4.78 is 46.1. The van der Waals surface area contributed by atoms with E-state index in [9.17, 15) is 22.4 Å². The summed E-state index contributed by atoms with van der Waals surface area (Å²) in [5.41, 5.74) is 0.879. The highest BCUT2D eigenvalue weighted by Gasteiger charge is 2.29. The van der Waals surface area contributed by atoms with Crippen molar-refractivity contribution < 1.29 is 27.1 Å². The van der Waals surface area contributed by atoms with E-state index >= 15 is 0 Å². The van der Waals surface area contributed by atoms with Gasteiger partial charge in [-0.05, 0) is 55.3 Å². The van der Waals surface area contributed by atoms with Crippen LogP contribution in [0.4, 0.5) is 10.1 Å². The van der Waals surface area contributed by atoms with E-state index in [0.29, 0.717) is 19.6 Å². The van der Waals surface area contributed by atoms with Gasteiger partial charge in [0.1, 0.15) is 5.82 Å². The molecule has 1 amide bonds. The number of esters is 1. The first kappa shape index (κ1) is 25.6.